The summed E-state index contributed by atoms with van der Waals surface area (Å²) >= 11 is 3.31. The summed E-state index contributed by atoms with van der Waals surface area (Å²) in [4.78, 5) is 36.4. The van der Waals surface area contributed by atoms with Crippen molar-refractivity contribution in [3.05, 3.63) is 75.9 Å². The number of hydrogen-bond acceptors (Lipinski definition) is 4. The van der Waals surface area contributed by atoms with Crippen LogP contribution in [0.1, 0.15) is 22.8 Å². The minimum Gasteiger partial charge on any atom is -0.465 e. The lowest BCUT2D eigenvalue weighted by Gasteiger charge is -2.11. The Morgan fingerprint density at radius 3 is 2.33 bits per heavy atom. The van der Waals surface area contributed by atoms with Gasteiger partial charge in [0.15, 0.2) is 0 Å². The molecule has 2 rings (SSSR count). The van der Waals surface area contributed by atoms with Gasteiger partial charge in [0.05, 0.1) is 6.61 Å². The normalized spacial score (nSPS) is 10.8. The number of hydrogen-bond donors (Lipinski definition) is 2. The standard InChI is InChI=1S/C20H19BrN2O4/c1-2-27-18(24)13-22-20(26)17(12-14-6-4-3-5-7-14)23-19(25)15-8-10-16(21)11-9-15/h3-12H,2,13H2,1H3,(H,22,26)(H,23,25)/b17-12+. The van der Waals surface area contributed by atoms with E-state index in [1.54, 1.807) is 43.3 Å². The lowest BCUT2D eigenvalue weighted by atomic mass is 10.1. The van der Waals surface area contributed by atoms with Gasteiger partial charge in [-0.25, -0.2) is 0 Å². The third kappa shape index (κ3) is 6.71. The largest absolute Gasteiger partial charge is 0.465 e. The minimum atomic E-state index is -0.586. The van der Waals surface area contributed by atoms with Crippen LogP contribution in [0.25, 0.3) is 6.08 Å². The molecule has 0 aliphatic carbocycles. The minimum absolute atomic E-state index is 0.0263. The van der Waals surface area contributed by atoms with Crippen LogP contribution in [0.15, 0.2) is 64.8 Å². The summed E-state index contributed by atoms with van der Waals surface area (Å²) in [6.45, 7) is 1.62. The predicted molar refractivity (Wildman–Crippen MR) is 106 cm³/mol. The van der Waals surface area contributed by atoms with Crippen molar-refractivity contribution in [2.45, 2.75) is 6.92 Å². The molecule has 0 saturated carbocycles. The Labute approximate surface area is 165 Å². The molecule has 0 heterocycles. The smallest absolute Gasteiger partial charge is 0.325 e. The monoisotopic (exact) mass is 430 g/mol. The lowest BCUT2D eigenvalue weighted by Crippen LogP contribution is -2.37. The highest BCUT2D eigenvalue weighted by molar-refractivity contribution is 9.10. The molecule has 0 aromatic heterocycles. The van der Waals surface area contributed by atoms with Crippen LogP contribution >= 0.6 is 15.9 Å². The molecule has 0 fully saturated rings. The van der Waals surface area contributed by atoms with Crippen LogP contribution in [-0.4, -0.2) is 30.9 Å². The first-order valence-electron chi connectivity index (χ1n) is 8.27. The maximum atomic E-state index is 12.5. The Bertz CT molecular complexity index is 833. The van der Waals surface area contributed by atoms with E-state index in [4.69, 9.17) is 4.74 Å². The number of ether oxygens (including phenoxy) is 1. The molecule has 0 unspecified atom stereocenters. The number of amides is 2. The summed E-state index contributed by atoms with van der Waals surface area (Å²) in [5.74, 6) is -1.57. The average Bonchev–Trinajstić information content (AvgIpc) is 2.67. The Balaban J connectivity index is 2.17. The van der Waals surface area contributed by atoms with Crippen LogP contribution < -0.4 is 10.6 Å². The van der Waals surface area contributed by atoms with Crippen LogP contribution in [0, 0.1) is 0 Å². The van der Waals surface area contributed by atoms with Gasteiger partial charge in [-0.15, -0.1) is 0 Å². The Hall–Kier alpha value is -2.93. The van der Waals surface area contributed by atoms with Gasteiger partial charge in [0.25, 0.3) is 11.8 Å². The van der Waals surface area contributed by atoms with Crippen LogP contribution in [0.2, 0.25) is 0 Å². The SMILES string of the molecule is CCOC(=O)CNC(=O)/C(=C\c1ccccc1)NC(=O)c1ccc(Br)cc1. The van der Waals surface area contributed by atoms with Crippen molar-refractivity contribution in [1.29, 1.82) is 0 Å². The summed E-state index contributed by atoms with van der Waals surface area (Å²) in [6, 6.07) is 15.8. The molecule has 2 aromatic carbocycles. The van der Waals surface area contributed by atoms with Gasteiger partial charge in [-0.1, -0.05) is 46.3 Å². The highest BCUT2D eigenvalue weighted by Crippen LogP contribution is 2.11. The highest BCUT2D eigenvalue weighted by Gasteiger charge is 2.16. The van der Waals surface area contributed by atoms with Crippen molar-refractivity contribution in [3.63, 3.8) is 0 Å². The van der Waals surface area contributed by atoms with Crippen molar-refractivity contribution in [2.75, 3.05) is 13.2 Å². The molecule has 2 N–H and O–H groups in total. The van der Waals surface area contributed by atoms with E-state index >= 15 is 0 Å². The summed E-state index contributed by atoms with van der Waals surface area (Å²) in [7, 11) is 0. The van der Waals surface area contributed by atoms with Crippen molar-refractivity contribution < 1.29 is 19.1 Å². The molecule has 2 aromatic rings. The number of benzene rings is 2. The second kappa shape index (κ2) is 10.3. The van der Waals surface area contributed by atoms with E-state index in [0.29, 0.717) is 5.56 Å². The van der Waals surface area contributed by atoms with Crippen LogP contribution in [0.4, 0.5) is 0 Å². The molecule has 0 aliphatic heterocycles. The van der Waals surface area contributed by atoms with Gasteiger partial charge in [-0.3, -0.25) is 14.4 Å². The van der Waals surface area contributed by atoms with Crippen molar-refractivity contribution in [1.82, 2.24) is 10.6 Å². The van der Waals surface area contributed by atoms with Crippen LogP contribution in [0.5, 0.6) is 0 Å². The molecule has 0 aliphatic rings. The second-order valence-corrected chi connectivity index (χ2v) is 6.33. The Kier molecular flexibility index (Phi) is 7.76. The van der Waals surface area contributed by atoms with E-state index in [9.17, 15) is 14.4 Å². The zero-order valence-electron chi connectivity index (χ0n) is 14.7. The number of halogens is 1. The molecule has 0 radical (unpaired) electrons. The number of carbonyl (C=O) groups excluding carboxylic acids is 3. The summed E-state index contributed by atoms with van der Waals surface area (Å²) in [5.41, 5.74) is 1.16. The Morgan fingerprint density at radius 1 is 1.04 bits per heavy atom. The molecule has 7 heteroatoms. The molecular weight excluding hydrogens is 412 g/mol. The molecule has 0 bridgehead atoms. The third-order valence-corrected chi connectivity index (χ3v) is 3.94. The number of carbonyl (C=O) groups is 3. The van der Waals surface area contributed by atoms with Crippen molar-refractivity contribution >= 4 is 39.8 Å². The first-order valence-corrected chi connectivity index (χ1v) is 9.06. The van der Waals surface area contributed by atoms with Gasteiger partial charge in [-0.2, -0.15) is 0 Å². The summed E-state index contributed by atoms with van der Waals surface area (Å²) in [5, 5.41) is 5.05. The lowest BCUT2D eigenvalue weighted by molar-refractivity contribution is -0.143. The average molecular weight is 431 g/mol. The van der Waals surface area contributed by atoms with Crippen molar-refractivity contribution in [2.24, 2.45) is 0 Å². The zero-order chi connectivity index (χ0) is 19.6. The van der Waals surface area contributed by atoms with Gasteiger partial charge in [0.2, 0.25) is 0 Å². The number of nitrogens with one attached hydrogen (secondary N) is 2. The third-order valence-electron chi connectivity index (χ3n) is 3.41. The van der Waals surface area contributed by atoms with E-state index in [1.807, 2.05) is 18.2 Å². The molecule has 140 valence electrons. The molecular formula is C20H19BrN2O4. The molecule has 0 saturated heterocycles. The molecule has 0 atom stereocenters. The fourth-order valence-corrected chi connectivity index (χ4v) is 2.39. The fraction of sp³-hybridized carbons (Fsp3) is 0.150. The van der Waals surface area contributed by atoms with E-state index in [1.165, 1.54) is 6.08 Å². The highest BCUT2D eigenvalue weighted by atomic mass is 79.9. The van der Waals surface area contributed by atoms with Gasteiger partial charge in [0, 0.05) is 10.0 Å². The number of rotatable bonds is 7. The summed E-state index contributed by atoms with van der Waals surface area (Å²) in [6.07, 6.45) is 1.54. The van der Waals surface area contributed by atoms with Gasteiger partial charge in [0.1, 0.15) is 12.2 Å². The van der Waals surface area contributed by atoms with Gasteiger partial charge in [-0.05, 0) is 42.8 Å². The molecule has 0 spiro atoms. The number of esters is 1. The molecule has 27 heavy (non-hydrogen) atoms. The first-order chi connectivity index (χ1) is 13.0. The summed E-state index contributed by atoms with van der Waals surface area (Å²) < 4.78 is 5.63. The van der Waals surface area contributed by atoms with E-state index < -0.39 is 17.8 Å². The van der Waals surface area contributed by atoms with E-state index in [0.717, 1.165) is 10.0 Å². The fourth-order valence-electron chi connectivity index (χ4n) is 2.13. The Morgan fingerprint density at radius 2 is 1.70 bits per heavy atom. The van der Waals surface area contributed by atoms with E-state index in [-0.39, 0.29) is 18.8 Å². The maximum absolute atomic E-state index is 12.5. The van der Waals surface area contributed by atoms with Gasteiger partial charge >= 0.3 is 5.97 Å². The first kappa shape index (κ1) is 20.4. The topological polar surface area (TPSA) is 84.5 Å². The maximum Gasteiger partial charge on any atom is 0.325 e. The second-order valence-electron chi connectivity index (χ2n) is 5.42. The predicted octanol–water partition coefficient (Wildman–Crippen LogP) is 2.90. The van der Waals surface area contributed by atoms with Crippen LogP contribution in [-0.2, 0) is 14.3 Å². The molecule has 6 nitrogen and oxygen atoms in total. The van der Waals surface area contributed by atoms with Crippen LogP contribution in [0.3, 0.4) is 0 Å². The van der Waals surface area contributed by atoms with Crippen molar-refractivity contribution in [3.8, 4) is 0 Å². The zero-order valence-corrected chi connectivity index (χ0v) is 16.3. The quantitative estimate of drug-likeness (QED) is 0.522. The van der Waals surface area contributed by atoms with E-state index in [2.05, 4.69) is 26.6 Å². The molecule has 2 amide bonds. The van der Waals surface area contributed by atoms with Gasteiger partial charge < -0.3 is 15.4 Å².